The molecule has 2 atom stereocenters. The second-order valence-electron chi connectivity index (χ2n) is 6.00. The van der Waals surface area contributed by atoms with Crippen LogP contribution in [0.25, 0.3) is 0 Å². The third-order valence-corrected chi connectivity index (χ3v) is 4.95. The Labute approximate surface area is 137 Å². The molecule has 0 saturated carbocycles. The fourth-order valence-corrected chi connectivity index (χ4v) is 3.40. The van der Waals surface area contributed by atoms with E-state index in [1.807, 2.05) is 5.38 Å². The van der Waals surface area contributed by atoms with Crippen molar-refractivity contribution in [3.63, 3.8) is 0 Å². The van der Waals surface area contributed by atoms with Gasteiger partial charge in [-0.1, -0.05) is 31.2 Å². The van der Waals surface area contributed by atoms with Gasteiger partial charge < -0.3 is 5.32 Å². The minimum atomic E-state index is 0.0958. The fourth-order valence-electron chi connectivity index (χ4n) is 2.85. The standard InChI is InChI=1S/C18H26N2OS/c1-15-10-8-6-4-2-3-5-7-9-11-16(15)14-17(21)20-18-19-12-13-22-18/h4-7,12-13,15-16H,2-3,8-11,14H2,1H3,(H,19,20,21). The number of anilines is 1. The molecule has 4 heteroatoms. The second-order valence-corrected chi connectivity index (χ2v) is 6.90. The molecular formula is C18H26N2OS. The molecule has 1 N–H and O–H groups in total. The van der Waals surface area contributed by atoms with Crippen molar-refractivity contribution in [3.05, 3.63) is 35.9 Å². The van der Waals surface area contributed by atoms with E-state index >= 15 is 0 Å². The van der Waals surface area contributed by atoms with E-state index in [1.165, 1.54) is 11.3 Å². The zero-order chi connectivity index (χ0) is 15.6. The lowest BCUT2D eigenvalue weighted by Crippen LogP contribution is -2.21. The van der Waals surface area contributed by atoms with Gasteiger partial charge in [-0.05, 0) is 50.4 Å². The van der Waals surface area contributed by atoms with E-state index in [4.69, 9.17) is 0 Å². The maximum Gasteiger partial charge on any atom is 0.226 e. The van der Waals surface area contributed by atoms with E-state index in [1.54, 1.807) is 6.20 Å². The number of aromatic nitrogens is 1. The molecule has 0 fully saturated rings. The summed E-state index contributed by atoms with van der Waals surface area (Å²) in [6, 6.07) is 0. The van der Waals surface area contributed by atoms with Gasteiger partial charge in [0.25, 0.3) is 0 Å². The largest absolute Gasteiger partial charge is 0.302 e. The van der Waals surface area contributed by atoms with Crippen molar-refractivity contribution in [2.45, 2.75) is 51.9 Å². The second kappa shape index (κ2) is 9.57. The molecule has 0 saturated heterocycles. The molecule has 1 heterocycles. The summed E-state index contributed by atoms with van der Waals surface area (Å²) >= 11 is 1.47. The molecule has 1 amide bonds. The first kappa shape index (κ1) is 16.9. The van der Waals surface area contributed by atoms with Crippen molar-refractivity contribution in [1.82, 2.24) is 4.98 Å². The van der Waals surface area contributed by atoms with Gasteiger partial charge in [0, 0.05) is 18.0 Å². The van der Waals surface area contributed by atoms with Gasteiger partial charge in [0.15, 0.2) is 5.13 Å². The Bertz CT molecular complexity index is 493. The normalized spacial score (nSPS) is 23.5. The number of allylic oxidation sites excluding steroid dienone is 4. The molecular weight excluding hydrogens is 292 g/mol. The van der Waals surface area contributed by atoms with Gasteiger partial charge in [0.05, 0.1) is 0 Å². The van der Waals surface area contributed by atoms with Gasteiger partial charge in [-0.15, -0.1) is 11.3 Å². The summed E-state index contributed by atoms with van der Waals surface area (Å²) in [5.41, 5.74) is 0. The topological polar surface area (TPSA) is 42.0 Å². The number of nitrogens with zero attached hydrogens (tertiary/aromatic N) is 1. The highest BCUT2D eigenvalue weighted by molar-refractivity contribution is 7.13. The molecule has 120 valence electrons. The van der Waals surface area contributed by atoms with Crippen molar-refractivity contribution < 1.29 is 4.79 Å². The van der Waals surface area contributed by atoms with Crippen LogP contribution in [-0.4, -0.2) is 10.9 Å². The monoisotopic (exact) mass is 318 g/mol. The summed E-state index contributed by atoms with van der Waals surface area (Å²) in [5.74, 6) is 1.11. The lowest BCUT2D eigenvalue weighted by Gasteiger charge is -2.23. The first-order valence-electron chi connectivity index (χ1n) is 8.25. The summed E-state index contributed by atoms with van der Waals surface area (Å²) in [4.78, 5) is 16.3. The zero-order valence-corrected chi connectivity index (χ0v) is 14.1. The summed E-state index contributed by atoms with van der Waals surface area (Å²) < 4.78 is 0. The van der Waals surface area contributed by atoms with Gasteiger partial charge in [-0.2, -0.15) is 0 Å². The van der Waals surface area contributed by atoms with E-state index in [9.17, 15) is 4.79 Å². The van der Waals surface area contributed by atoms with E-state index < -0.39 is 0 Å². The molecule has 0 aromatic carbocycles. The van der Waals surface area contributed by atoms with Crippen molar-refractivity contribution in [1.29, 1.82) is 0 Å². The highest BCUT2D eigenvalue weighted by Crippen LogP contribution is 2.27. The van der Waals surface area contributed by atoms with Gasteiger partial charge in [0.2, 0.25) is 5.91 Å². The number of thiazole rings is 1. The van der Waals surface area contributed by atoms with E-state index in [0.717, 1.165) is 38.5 Å². The van der Waals surface area contributed by atoms with E-state index in [-0.39, 0.29) is 5.91 Å². The van der Waals surface area contributed by atoms with Gasteiger partial charge in [0.1, 0.15) is 0 Å². The molecule has 1 aliphatic rings. The first-order chi connectivity index (χ1) is 10.8. The van der Waals surface area contributed by atoms with Crippen LogP contribution < -0.4 is 5.32 Å². The van der Waals surface area contributed by atoms with Crippen molar-refractivity contribution in [2.75, 3.05) is 5.32 Å². The molecule has 0 aliphatic heterocycles. The first-order valence-corrected chi connectivity index (χ1v) is 9.13. The number of amides is 1. The number of carbonyl (C=O) groups excluding carboxylic acids is 1. The minimum absolute atomic E-state index is 0.0958. The van der Waals surface area contributed by atoms with Crippen molar-refractivity contribution >= 4 is 22.4 Å². The molecule has 0 radical (unpaired) electrons. The van der Waals surface area contributed by atoms with Gasteiger partial charge >= 0.3 is 0 Å². The van der Waals surface area contributed by atoms with E-state index in [2.05, 4.69) is 41.5 Å². The molecule has 1 aromatic rings. The highest BCUT2D eigenvalue weighted by Gasteiger charge is 2.20. The van der Waals surface area contributed by atoms with Crippen LogP contribution in [0.5, 0.6) is 0 Å². The number of hydrogen-bond donors (Lipinski definition) is 1. The fraction of sp³-hybridized carbons (Fsp3) is 0.556. The maximum absolute atomic E-state index is 12.2. The Morgan fingerprint density at radius 1 is 1.18 bits per heavy atom. The molecule has 0 spiro atoms. The van der Waals surface area contributed by atoms with E-state index in [0.29, 0.717) is 23.4 Å². The number of nitrogens with one attached hydrogen (secondary N) is 1. The lowest BCUT2D eigenvalue weighted by molar-refractivity contribution is -0.117. The molecule has 2 unspecified atom stereocenters. The average Bonchev–Trinajstić information content (AvgIpc) is 2.99. The van der Waals surface area contributed by atoms with Crippen LogP contribution >= 0.6 is 11.3 Å². The lowest BCUT2D eigenvalue weighted by atomic mass is 9.83. The van der Waals surface area contributed by atoms with Crippen LogP contribution in [0.15, 0.2) is 35.9 Å². The molecule has 2 rings (SSSR count). The smallest absolute Gasteiger partial charge is 0.226 e. The van der Waals surface area contributed by atoms with Crippen molar-refractivity contribution in [2.24, 2.45) is 11.8 Å². The third kappa shape index (κ3) is 6.14. The average molecular weight is 318 g/mol. The highest BCUT2D eigenvalue weighted by atomic mass is 32.1. The Balaban J connectivity index is 1.90. The summed E-state index contributed by atoms with van der Waals surface area (Å²) in [7, 11) is 0. The van der Waals surface area contributed by atoms with Crippen LogP contribution in [0.3, 0.4) is 0 Å². The van der Waals surface area contributed by atoms with Crippen LogP contribution in [0.4, 0.5) is 5.13 Å². The number of hydrogen-bond acceptors (Lipinski definition) is 3. The van der Waals surface area contributed by atoms with Crippen LogP contribution in [0.2, 0.25) is 0 Å². The molecule has 1 aliphatic carbocycles. The third-order valence-electron chi connectivity index (χ3n) is 4.26. The maximum atomic E-state index is 12.2. The molecule has 0 bridgehead atoms. The number of carbonyl (C=O) groups is 1. The zero-order valence-electron chi connectivity index (χ0n) is 13.3. The SMILES string of the molecule is CC1CCC=CCCC=CCCC1CC(=O)Nc1nccs1. The predicted molar refractivity (Wildman–Crippen MR) is 94.0 cm³/mol. The molecule has 3 nitrogen and oxygen atoms in total. The quantitative estimate of drug-likeness (QED) is 0.779. The minimum Gasteiger partial charge on any atom is -0.302 e. The summed E-state index contributed by atoms with van der Waals surface area (Å²) in [6.45, 7) is 2.28. The Kier molecular flexibility index (Phi) is 7.37. The van der Waals surface area contributed by atoms with Crippen LogP contribution in [0, 0.1) is 11.8 Å². The van der Waals surface area contributed by atoms with Crippen LogP contribution in [0.1, 0.15) is 51.9 Å². The summed E-state index contributed by atoms with van der Waals surface area (Å²) in [5, 5.41) is 5.50. The van der Waals surface area contributed by atoms with Gasteiger partial charge in [-0.3, -0.25) is 4.79 Å². The Morgan fingerprint density at radius 3 is 2.55 bits per heavy atom. The predicted octanol–water partition coefficient (Wildman–Crippen LogP) is 5.19. The Hall–Kier alpha value is -1.42. The molecule has 1 aromatic heterocycles. The molecule has 22 heavy (non-hydrogen) atoms. The van der Waals surface area contributed by atoms with Gasteiger partial charge in [-0.25, -0.2) is 4.98 Å². The Morgan fingerprint density at radius 2 is 1.86 bits per heavy atom. The summed E-state index contributed by atoms with van der Waals surface area (Å²) in [6.07, 6.45) is 18.1. The van der Waals surface area contributed by atoms with Crippen LogP contribution in [-0.2, 0) is 4.79 Å². The van der Waals surface area contributed by atoms with Crippen molar-refractivity contribution in [3.8, 4) is 0 Å². The number of rotatable bonds is 3.